The first-order chi connectivity index (χ1) is 15.1. The smallest absolute Gasteiger partial charge is 0.229 e. The van der Waals surface area contributed by atoms with E-state index in [1.54, 1.807) is 6.33 Å². The number of hydrogen-bond donors (Lipinski definition) is 2. The van der Waals surface area contributed by atoms with Crippen LogP contribution in [0.25, 0.3) is 22.2 Å². The van der Waals surface area contributed by atoms with E-state index in [1.807, 2.05) is 0 Å². The topological polar surface area (TPSA) is 90.8 Å². The van der Waals surface area contributed by atoms with Crippen molar-refractivity contribution < 1.29 is 0 Å². The molecule has 2 N–H and O–H groups in total. The summed E-state index contributed by atoms with van der Waals surface area (Å²) in [6.07, 6.45) is 3.97. The third-order valence-electron chi connectivity index (χ3n) is 6.00. The molecule has 4 aromatic rings. The van der Waals surface area contributed by atoms with Gasteiger partial charge in [-0.2, -0.15) is 9.97 Å². The molecule has 9 heteroatoms. The number of nitrogens with one attached hydrogen (secondary N) is 2. The molecule has 1 fully saturated rings. The molecule has 4 heterocycles. The van der Waals surface area contributed by atoms with Crippen molar-refractivity contribution in [2.45, 2.75) is 33.2 Å². The molecule has 5 rings (SSSR count). The Balaban J connectivity index is 1.49. The van der Waals surface area contributed by atoms with Crippen LogP contribution in [0.1, 0.15) is 25.6 Å². The second-order valence-electron chi connectivity index (χ2n) is 8.26. The van der Waals surface area contributed by atoms with E-state index in [0.717, 1.165) is 85.4 Å². The minimum absolute atomic E-state index is 0.677. The molecule has 162 valence electrons. The van der Waals surface area contributed by atoms with Crippen molar-refractivity contribution in [3.8, 4) is 0 Å². The highest BCUT2D eigenvalue weighted by Crippen LogP contribution is 2.27. The van der Waals surface area contributed by atoms with E-state index in [4.69, 9.17) is 9.97 Å². The molecule has 0 aliphatic carbocycles. The Kier molecular flexibility index (Phi) is 5.19. The number of aryl methyl sites for hydroxylation is 2. The molecular formula is C22H29N9. The Labute approximate surface area is 181 Å². The van der Waals surface area contributed by atoms with Crippen LogP contribution in [0.2, 0.25) is 0 Å². The van der Waals surface area contributed by atoms with Gasteiger partial charge in [-0.3, -0.25) is 0 Å². The lowest BCUT2D eigenvalue weighted by molar-refractivity contribution is 0.311. The number of nitrogens with zero attached hydrogens (tertiary/aromatic N) is 7. The normalized spacial score (nSPS) is 15.3. The zero-order chi connectivity index (χ0) is 21.4. The van der Waals surface area contributed by atoms with Gasteiger partial charge < -0.3 is 24.7 Å². The molecule has 0 amide bonds. The van der Waals surface area contributed by atoms with Gasteiger partial charge in [-0.05, 0) is 38.6 Å². The number of unbranched alkanes of at least 4 members (excludes halogenated alkanes) is 1. The van der Waals surface area contributed by atoms with Gasteiger partial charge in [-0.1, -0.05) is 13.3 Å². The van der Waals surface area contributed by atoms with Crippen LogP contribution in [0.5, 0.6) is 0 Å². The summed E-state index contributed by atoms with van der Waals surface area (Å²) in [4.78, 5) is 26.4. The molecule has 1 saturated heterocycles. The highest BCUT2D eigenvalue weighted by molar-refractivity contribution is 5.88. The molecule has 0 saturated carbocycles. The van der Waals surface area contributed by atoms with Crippen LogP contribution in [-0.4, -0.2) is 67.6 Å². The van der Waals surface area contributed by atoms with Crippen LogP contribution < -0.4 is 10.2 Å². The number of H-pyrrole nitrogens is 1. The van der Waals surface area contributed by atoms with Gasteiger partial charge >= 0.3 is 0 Å². The Hall–Kier alpha value is -3.20. The summed E-state index contributed by atoms with van der Waals surface area (Å²) in [6, 6.07) is 6.28. The first kappa shape index (κ1) is 19.7. The summed E-state index contributed by atoms with van der Waals surface area (Å²) in [7, 11) is 2.14. The van der Waals surface area contributed by atoms with E-state index in [1.165, 1.54) is 0 Å². The second-order valence-corrected chi connectivity index (χ2v) is 8.26. The molecule has 1 aliphatic rings. The summed E-state index contributed by atoms with van der Waals surface area (Å²) in [6.45, 7) is 9.09. The molecule has 0 bridgehead atoms. The Morgan fingerprint density at radius 2 is 1.94 bits per heavy atom. The first-order valence-corrected chi connectivity index (χ1v) is 11.0. The SMILES string of the molecule is CCCCn1c(C)nc2ccc(Nc3nc(N4CCN(C)CC4)nc4nc[nH]c34)cc21. The molecular weight excluding hydrogens is 390 g/mol. The average molecular weight is 420 g/mol. The summed E-state index contributed by atoms with van der Waals surface area (Å²) >= 11 is 0. The van der Waals surface area contributed by atoms with Crippen LogP contribution in [0.3, 0.4) is 0 Å². The van der Waals surface area contributed by atoms with Gasteiger partial charge in [-0.25, -0.2) is 9.97 Å². The predicted molar refractivity (Wildman–Crippen MR) is 124 cm³/mol. The lowest BCUT2D eigenvalue weighted by atomic mass is 10.2. The number of aromatic nitrogens is 6. The third-order valence-corrected chi connectivity index (χ3v) is 6.00. The minimum Gasteiger partial charge on any atom is -0.340 e. The van der Waals surface area contributed by atoms with Crippen molar-refractivity contribution in [3.05, 3.63) is 30.4 Å². The highest BCUT2D eigenvalue weighted by Gasteiger charge is 2.19. The van der Waals surface area contributed by atoms with Gasteiger partial charge in [0.25, 0.3) is 0 Å². The maximum Gasteiger partial charge on any atom is 0.229 e. The number of rotatable bonds is 6. The number of fused-ring (bicyclic) bond motifs is 2. The zero-order valence-corrected chi connectivity index (χ0v) is 18.4. The summed E-state index contributed by atoms with van der Waals surface area (Å²) in [5.41, 5.74) is 4.63. The molecule has 1 aromatic carbocycles. The minimum atomic E-state index is 0.677. The second kappa shape index (κ2) is 8.14. The van der Waals surface area contributed by atoms with Gasteiger partial charge in [0.05, 0.1) is 17.4 Å². The van der Waals surface area contributed by atoms with Crippen molar-refractivity contribution in [3.63, 3.8) is 0 Å². The summed E-state index contributed by atoms with van der Waals surface area (Å²) in [5, 5.41) is 3.51. The van der Waals surface area contributed by atoms with Crippen LogP contribution in [0, 0.1) is 6.92 Å². The fourth-order valence-corrected chi connectivity index (χ4v) is 4.12. The maximum atomic E-state index is 4.87. The van der Waals surface area contributed by atoms with Gasteiger partial charge in [0.1, 0.15) is 11.3 Å². The monoisotopic (exact) mass is 419 g/mol. The van der Waals surface area contributed by atoms with Crippen LogP contribution in [0.4, 0.5) is 17.5 Å². The molecule has 0 spiro atoms. The highest BCUT2D eigenvalue weighted by atomic mass is 15.3. The fourth-order valence-electron chi connectivity index (χ4n) is 4.12. The van der Waals surface area contributed by atoms with Gasteiger partial charge in [0.15, 0.2) is 11.5 Å². The number of anilines is 3. The standard InChI is InChI=1S/C22H29N9/c1-4-5-8-31-15(2)25-17-7-6-16(13-18(17)31)26-21-19-20(24-14-23-19)27-22(28-21)30-11-9-29(3)10-12-30/h6-7,13-14H,4-5,8-12H2,1-3H3,(H2,23,24,26,27,28). The van der Waals surface area contributed by atoms with Crippen molar-refractivity contribution in [2.24, 2.45) is 0 Å². The van der Waals surface area contributed by atoms with Gasteiger partial charge in [-0.15, -0.1) is 0 Å². The molecule has 0 radical (unpaired) electrons. The zero-order valence-electron chi connectivity index (χ0n) is 18.4. The lowest BCUT2D eigenvalue weighted by Gasteiger charge is -2.32. The van der Waals surface area contributed by atoms with E-state index < -0.39 is 0 Å². The van der Waals surface area contributed by atoms with E-state index in [2.05, 4.69) is 73.7 Å². The number of imidazole rings is 2. The fraction of sp³-hybridized carbons (Fsp3) is 0.455. The largest absolute Gasteiger partial charge is 0.340 e. The number of aromatic amines is 1. The molecule has 0 atom stereocenters. The third kappa shape index (κ3) is 3.81. The van der Waals surface area contributed by atoms with Crippen molar-refractivity contribution in [2.75, 3.05) is 43.4 Å². The first-order valence-electron chi connectivity index (χ1n) is 11.0. The van der Waals surface area contributed by atoms with Crippen LogP contribution >= 0.6 is 0 Å². The van der Waals surface area contributed by atoms with Crippen LogP contribution in [-0.2, 0) is 6.54 Å². The lowest BCUT2D eigenvalue weighted by Crippen LogP contribution is -2.45. The Morgan fingerprint density at radius 1 is 1.10 bits per heavy atom. The predicted octanol–water partition coefficient (Wildman–Crippen LogP) is 3.31. The van der Waals surface area contributed by atoms with Crippen molar-refractivity contribution >= 4 is 39.7 Å². The summed E-state index contributed by atoms with van der Waals surface area (Å²) < 4.78 is 2.30. The molecule has 9 nitrogen and oxygen atoms in total. The van der Waals surface area contributed by atoms with E-state index in [0.29, 0.717) is 5.65 Å². The van der Waals surface area contributed by atoms with Gasteiger partial charge in [0.2, 0.25) is 5.95 Å². The average Bonchev–Trinajstić information content (AvgIpc) is 3.36. The molecule has 3 aromatic heterocycles. The molecule has 31 heavy (non-hydrogen) atoms. The van der Waals surface area contributed by atoms with Gasteiger partial charge in [0, 0.05) is 38.4 Å². The number of hydrogen-bond acceptors (Lipinski definition) is 7. The number of benzene rings is 1. The Bertz CT molecular complexity index is 1200. The quantitative estimate of drug-likeness (QED) is 0.495. The van der Waals surface area contributed by atoms with Crippen molar-refractivity contribution in [1.82, 2.24) is 34.4 Å². The van der Waals surface area contributed by atoms with Crippen molar-refractivity contribution in [1.29, 1.82) is 0 Å². The van der Waals surface area contributed by atoms with E-state index in [9.17, 15) is 0 Å². The number of likely N-dealkylation sites (N-methyl/N-ethyl adjacent to an activating group) is 1. The van der Waals surface area contributed by atoms with Crippen LogP contribution in [0.15, 0.2) is 24.5 Å². The summed E-state index contributed by atoms with van der Waals surface area (Å²) in [5.74, 6) is 2.52. The number of piperazine rings is 1. The Morgan fingerprint density at radius 3 is 2.74 bits per heavy atom. The van der Waals surface area contributed by atoms with E-state index >= 15 is 0 Å². The maximum absolute atomic E-state index is 4.87. The van der Waals surface area contributed by atoms with E-state index in [-0.39, 0.29) is 0 Å². The molecule has 1 aliphatic heterocycles. The molecule has 0 unspecified atom stereocenters.